The van der Waals surface area contributed by atoms with Crippen LogP contribution in [0.3, 0.4) is 0 Å². The van der Waals surface area contributed by atoms with Crippen LogP contribution < -0.4 is 20.1 Å². The SMILES string of the molecule is COc1ccc(OCCCC(=O)Nc2cccc(NC(=O)OCC(C)C)c2)cc1. The van der Waals surface area contributed by atoms with Crippen LogP contribution in [0.25, 0.3) is 0 Å². The number of carbonyl (C=O) groups is 2. The van der Waals surface area contributed by atoms with Crippen molar-refractivity contribution in [3.05, 3.63) is 48.5 Å². The Kier molecular flexibility index (Phi) is 8.82. The van der Waals surface area contributed by atoms with E-state index in [9.17, 15) is 9.59 Å². The Morgan fingerprint density at radius 2 is 1.62 bits per heavy atom. The number of nitrogens with one attached hydrogen (secondary N) is 2. The highest BCUT2D eigenvalue weighted by Gasteiger charge is 2.07. The summed E-state index contributed by atoms with van der Waals surface area (Å²) in [7, 11) is 1.61. The van der Waals surface area contributed by atoms with Crippen molar-refractivity contribution >= 4 is 23.4 Å². The normalized spacial score (nSPS) is 10.3. The van der Waals surface area contributed by atoms with Crippen LogP contribution in [0, 0.1) is 5.92 Å². The fourth-order valence-corrected chi connectivity index (χ4v) is 2.39. The van der Waals surface area contributed by atoms with E-state index in [4.69, 9.17) is 14.2 Å². The van der Waals surface area contributed by atoms with E-state index in [1.54, 1.807) is 31.4 Å². The average Bonchev–Trinajstić information content (AvgIpc) is 2.70. The molecule has 0 aliphatic heterocycles. The third-order valence-corrected chi connectivity index (χ3v) is 3.82. The number of anilines is 2. The molecule has 2 rings (SSSR count). The molecule has 2 aromatic carbocycles. The van der Waals surface area contributed by atoms with E-state index >= 15 is 0 Å². The van der Waals surface area contributed by atoms with Crippen molar-refractivity contribution in [1.82, 2.24) is 0 Å². The summed E-state index contributed by atoms with van der Waals surface area (Å²) >= 11 is 0. The van der Waals surface area contributed by atoms with Gasteiger partial charge in [0.2, 0.25) is 5.91 Å². The summed E-state index contributed by atoms with van der Waals surface area (Å²) in [6.07, 6.45) is 0.388. The van der Waals surface area contributed by atoms with Gasteiger partial charge in [-0.3, -0.25) is 10.1 Å². The number of hydrogen-bond donors (Lipinski definition) is 2. The van der Waals surface area contributed by atoms with Gasteiger partial charge in [0.1, 0.15) is 11.5 Å². The number of methoxy groups -OCH3 is 1. The Hall–Kier alpha value is -3.22. The first kappa shape index (κ1) is 22.1. The first-order valence-corrected chi connectivity index (χ1v) is 9.57. The van der Waals surface area contributed by atoms with Gasteiger partial charge in [-0.2, -0.15) is 0 Å². The molecule has 2 N–H and O–H groups in total. The first-order valence-electron chi connectivity index (χ1n) is 9.57. The predicted molar refractivity (Wildman–Crippen MR) is 113 cm³/mol. The highest BCUT2D eigenvalue weighted by Crippen LogP contribution is 2.18. The molecule has 0 saturated carbocycles. The predicted octanol–water partition coefficient (Wildman–Crippen LogP) is 4.70. The molecule has 7 heteroatoms. The van der Waals surface area contributed by atoms with Gasteiger partial charge < -0.3 is 19.5 Å². The minimum Gasteiger partial charge on any atom is -0.497 e. The van der Waals surface area contributed by atoms with Gasteiger partial charge in [0.25, 0.3) is 0 Å². The molecule has 156 valence electrons. The van der Waals surface area contributed by atoms with E-state index < -0.39 is 6.09 Å². The molecule has 0 saturated heterocycles. The van der Waals surface area contributed by atoms with Gasteiger partial charge in [0.15, 0.2) is 0 Å². The van der Waals surface area contributed by atoms with Gasteiger partial charge in [-0.1, -0.05) is 19.9 Å². The first-order chi connectivity index (χ1) is 14.0. The van der Waals surface area contributed by atoms with Gasteiger partial charge in [0, 0.05) is 17.8 Å². The summed E-state index contributed by atoms with van der Waals surface area (Å²) in [5, 5.41) is 5.46. The zero-order valence-corrected chi connectivity index (χ0v) is 17.1. The number of carbonyl (C=O) groups excluding carboxylic acids is 2. The van der Waals surface area contributed by atoms with E-state index in [2.05, 4.69) is 10.6 Å². The fourth-order valence-electron chi connectivity index (χ4n) is 2.39. The summed E-state index contributed by atoms with van der Waals surface area (Å²) in [6.45, 7) is 4.71. The average molecular weight is 400 g/mol. The van der Waals surface area contributed by atoms with Crippen LogP contribution in [-0.2, 0) is 9.53 Å². The van der Waals surface area contributed by atoms with Gasteiger partial charge in [-0.15, -0.1) is 0 Å². The monoisotopic (exact) mass is 400 g/mol. The highest BCUT2D eigenvalue weighted by atomic mass is 16.5. The Morgan fingerprint density at radius 3 is 2.28 bits per heavy atom. The molecule has 0 heterocycles. The second-order valence-electron chi connectivity index (χ2n) is 6.87. The molecule has 0 spiro atoms. The molecule has 0 bridgehead atoms. The number of hydrogen-bond acceptors (Lipinski definition) is 5. The van der Waals surface area contributed by atoms with Crippen LogP contribution in [0.5, 0.6) is 11.5 Å². The third kappa shape index (κ3) is 8.55. The molecule has 2 aromatic rings. The van der Waals surface area contributed by atoms with E-state index in [0.717, 1.165) is 11.5 Å². The second kappa shape index (κ2) is 11.6. The molecule has 0 fully saturated rings. The molecule has 2 amide bonds. The Labute approximate surface area is 171 Å². The summed E-state index contributed by atoms with van der Waals surface area (Å²) in [5.74, 6) is 1.64. The molecule has 0 aliphatic rings. The van der Waals surface area contributed by atoms with Crippen LogP contribution in [0.15, 0.2) is 48.5 Å². The van der Waals surface area contributed by atoms with Gasteiger partial charge in [0.05, 0.1) is 20.3 Å². The molecule has 7 nitrogen and oxygen atoms in total. The molecule has 0 aliphatic carbocycles. The molecular weight excluding hydrogens is 372 g/mol. The summed E-state index contributed by atoms with van der Waals surface area (Å²) < 4.78 is 15.8. The van der Waals surface area contributed by atoms with Crippen LogP contribution in [0.4, 0.5) is 16.2 Å². The standard InChI is InChI=1S/C22H28N2O5/c1-16(2)15-29-22(26)24-18-7-4-6-17(14-18)23-21(25)8-5-13-28-20-11-9-19(27-3)10-12-20/h4,6-7,9-12,14,16H,5,8,13,15H2,1-3H3,(H,23,25)(H,24,26). The molecule has 29 heavy (non-hydrogen) atoms. The van der Waals surface area contributed by atoms with Crippen molar-refractivity contribution < 1.29 is 23.8 Å². The van der Waals surface area contributed by atoms with E-state index in [0.29, 0.717) is 37.4 Å². The van der Waals surface area contributed by atoms with Crippen molar-refractivity contribution in [3.63, 3.8) is 0 Å². The smallest absolute Gasteiger partial charge is 0.411 e. The van der Waals surface area contributed by atoms with E-state index in [1.807, 2.05) is 38.1 Å². The lowest BCUT2D eigenvalue weighted by atomic mass is 10.2. The number of rotatable bonds is 10. The molecule has 0 unspecified atom stereocenters. The topological polar surface area (TPSA) is 85.9 Å². The van der Waals surface area contributed by atoms with Crippen LogP contribution in [0.2, 0.25) is 0 Å². The third-order valence-electron chi connectivity index (χ3n) is 3.82. The maximum absolute atomic E-state index is 12.1. The van der Waals surface area contributed by atoms with Crippen molar-refractivity contribution in [2.24, 2.45) is 5.92 Å². The van der Waals surface area contributed by atoms with Crippen LogP contribution >= 0.6 is 0 Å². The zero-order chi connectivity index (χ0) is 21.1. The fraction of sp³-hybridized carbons (Fsp3) is 0.364. The van der Waals surface area contributed by atoms with Gasteiger partial charge in [-0.05, 0) is 54.8 Å². The van der Waals surface area contributed by atoms with E-state index in [1.165, 1.54) is 0 Å². The van der Waals surface area contributed by atoms with Crippen LogP contribution in [-0.4, -0.2) is 32.3 Å². The molecule has 0 radical (unpaired) electrons. The van der Waals surface area contributed by atoms with Gasteiger partial charge >= 0.3 is 6.09 Å². The lowest BCUT2D eigenvalue weighted by Crippen LogP contribution is -2.17. The molecule has 0 aromatic heterocycles. The lowest BCUT2D eigenvalue weighted by molar-refractivity contribution is -0.116. The number of benzene rings is 2. The maximum Gasteiger partial charge on any atom is 0.411 e. The highest BCUT2D eigenvalue weighted by molar-refractivity contribution is 5.92. The number of amides is 2. The second-order valence-corrected chi connectivity index (χ2v) is 6.87. The Bertz CT molecular complexity index is 790. The quantitative estimate of drug-likeness (QED) is 0.565. The Morgan fingerprint density at radius 1 is 0.966 bits per heavy atom. The van der Waals surface area contributed by atoms with E-state index in [-0.39, 0.29) is 11.8 Å². The minimum atomic E-state index is -0.516. The molecule has 0 atom stereocenters. The maximum atomic E-state index is 12.1. The number of ether oxygens (including phenoxy) is 3. The van der Waals surface area contributed by atoms with Crippen molar-refractivity contribution in [2.45, 2.75) is 26.7 Å². The summed E-state index contributed by atoms with van der Waals surface area (Å²) in [6, 6.07) is 14.2. The summed E-state index contributed by atoms with van der Waals surface area (Å²) in [4.78, 5) is 23.9. The van der Waals surface area contributed by atoms with Gasteiger partial charge in [-0.25, -0.2) is 4.79 Å². The van der Waals surface area contributed by atoms with Crippen molar-refractivity contribution in [2.75, 3.05) is 31.0 Å². The largest absolute Gasteiger partial charge is 0.497 e. The zero-order valence-electron chi connectivity index (χ0n) is 17.1. The Balaban J connectivity index is 1.72. The summed E-state index contributed by atoms with van der Waals surface area (Å²) in [5.41, 5.74) is 1.16. The van der Waals surface area contributed by atoms with Crippen molar-refractivity contribution in [1.29, 1.82) is 0 Å². The lowest BCUT2D eigenvalue weighted by Gasteiger charge is -2.11. The van der Waals surface area contributed by atoms with Crippen molar-refractivity contribution in [3.8, 4) is 11.5 Å². The molecular formula is C22H28N2O5. The minimum absolute atomic E-state index is 0.122. The van der Waals surface area contributed by atoms with Crippen LogP contribution in [0.1, 0.15) is 26.7 Å².